The SMILES string of the molecule is O=C(O)/C=C1\CCN(c2c(F)cc(-c3cccnc3OC3CCCC3)cc2F)C1. The van der Waals surface area contributed by atoms with E-state index in [2.05, 4.69) is 4.98 Å². The second-order valence-corrected chi connectivity index (χ2v) is 7.48. The van der Waals surface area contributed by atoms with Crippen molar-refractivity contribution in [3.8, 4) is 17.0 Å². The van der Waals surface area contributed by atoms with Gasteiger partial charge in [-0.05, 0) is 67.5 Å². The second kappa shape index (κ2) is 8.19. The molecule has 0 amide bonds. The summed E-state index contributed by atoms with van der Waals surface area (Å²) >= 11 is 0. The average Bonchev–Trinajstić information content (AvgIpc) is 3.33. The quantitative estimate of drug-likeness (QED) is 0.745. The molecule has 1 aromatic carbocycles. The maximum Gasteiger partial charge on any atom is 0.328 e. The number of aromatic nitrogens is 1. The molecule has 152 valence electrons. The number of carboxylic acids is 1. The Morgan fingerprint density at radius 2 is 1.97 bits per heavy atom. The van der Waals surface area contributed by atoms with Crippen LogP contribution in [0.25, 0.3) is 11.1 Å². The lowest BCUT2D eigenvalue weighted by Crippen LogP contribution is -2.21. The van der Waals surface area contributed by atoms with Crippen LogP contribution in [0.2, 0.25) is 0 Å². The molecule has 2 aromatic rings. The van der Waals surface area contributed by atoms with Crippen molar-refractivity contribution in [2.45, 2.75) is 38.2 Å². The Balaban J connectivity index is 1.62. The van der Waals surface area contributed by atoms with Crippen LogP contribution < -0.4 is 9.64 Å². The number of pyridine rings is 1. The molecule has 0 radical (unpaired) electrons. The van der Waals surface area contributed by atoms with Gasteiger partial charge in [0.15, 0.2) is 0 Å². The molecule has 29 heavy (non-hydrogen) atoms. The van der Waals surface area contributed by atoms with E-state index >= 15 is 0 Å². The van der Waals surface area contributed by atoms with E-state index in [1.54, 1.807) is 18.3 Å². The molecule has 4 rings (SSSR count). The zero-order valence-electron chi connectivity index (χ0n) is 15.9. The molecule has 1 aliphatic carbocycles. The van der Waals surface area contributed by atoms with Crippen molar-refractivity contribution in [1.29, 1.82) is 0 Å². The van der Waals surface area contributed by atoms with E-state index in [1.165, 1.54) is 17.0 Å². The molecule has 2 aliphatic rings. The van der Waals surface area contributed by atoms with Crippen LogP contribution >= 0.6 is 0 Å². The van der Waals surface area contributed by atoms with Crippen molar-refractivity contribution in [3.63, 3.8) is 0 Å². The Morgan fingerprint density at radius 1 is 1.24 bits per heavy atom. The van der Waals surface area contributed by atoms with Crippen LogP contribution in [-0.2, 0) is 4.79 Å². The standard InChI is InChI=1S/C22H22F2N2O3/c23-18-11-15(17-6-3-8-25-22(17)29-16-4-1-2-5-16)12-19(24)21(18)26-9-7-14(13-26)10-20(27)28/h3,6,8,10-12,16H,1-2,4-5,7,9,13H2,(H,27,28)/b14-10+. The Hall–Kier alpha value is -2.96. The number of nitrogens with zero attached hydrogens (tertiary/aromatic N) is 2. The predicted octanol–water partition coefficient (Wildman–Crippen LogP) is 4.57. The fraction of sp³-hybridized carbons (Fsp3) is 0.364. The summed E-state index contributed by atoms with van der Waals surface area (Å²) in [5.74, 6) is -2.04. The molecular formula is C22H22F2N2O3. The minimum absolute atomic E-state index is 0.0849. The Morgan fingerprint density at radius 3 is 2.66 bits per heavy atom. The van der Waals surface area contributed by atoms with Gasteiger partial charge in [-0.2, -0.15) is 0 Å². The summed E-state index contributed by atoms with van der Waals surface area (Å²) in [7, 11) is 0. The van der Waals surface area contributed by atoms with Crippen LogP contribution in [0.5, 0.6) is 5.88 Å². The number of benzene rings is 1. The molecule has 0 unspecified atom stereocenters. The van der Waals surface area contributed by atoms with E-state index < -0.39 is 17.6 Å². The summed E-state index contributed by atoms with van der Waals surface area (Å²) in [5.41, 5.74) is 1.42. The molecule has 0 atom stereocenters. The largest absolute Gasteiger partial charge is 0.478 e. The first-order chi connectivity index (χ1) is 14.0. The van der Waals surface area contributed by atoms with E-state index in [0.717, 1.165) is 31.8 Å². The summed E-state index contributed by atoms with van der Waals surface area (Å²) < 4.78 is 35.8. The lowest BCUT2D eigenvalue weighted by atomic mass is 10.1. The number of halogens is 2. The number of hydrogen-bond acceptors (Lipinski definition) is 4. The number of carbonyl (C=O) groups is 1. The lowest BCUT2D eigenvalue weighted by molar-refractivity contribution is -0.131. The molecule has 1 saturated heterocycles. The molecule has 1 aliphatic heterocycles. The van der Waals surface area contributed by atoms with Crippen LogP contribution in [0.4, 0.5) is 14.5 Å². The average molecular weight is 400 g/mol. The molecule has 1 saturated carbocycles. The van der Waals surface area contributed by atoms with Crippen LogP contribution in [0.15, 0.2) is 42.1 Å². The maximum atomic E-state index is 14.9. The van der Waals surface area contributed by atoms with Crippen molar-refractivity contribution in [2.24, 2.45) is 0 Å². The molecule has 0 spiro atoms. The number of ether oxygens (including phenoxy) is 1. The van der Waals surface area contributed by atoms with E-state index in [9.17, 15) is 13.6 Å². The lowest BCUT2D eigenvalue weighted by Gasteiger charge is -2.20. The molecule has 2 fully saturated rings. The van der Waals surface area contributed by atoms with Gasteiger partial charge in [-0.25, -0.2) is 18.6 Å². The van der Waals surface area contributed by atoms with Gasteiger partial charge < -0.3 is 14.7 Å². The third kappa shape index (κ3) is 4.23. The molecule has 2 heterocycles. The van der Waals surface area contributed by atoms with Gasteiger partial charge in [0.05, 0.1) is 0 Å². The van der Waals surface area contributed by atoms with Gasteiger partial charge in [-0.15, -0.1) is 0 Å². The van der Waals surface area contributed by atoms with Gasteiger partial charge in [0, 0.05) is 30.9 Å². The summed E-state index contributed by atoms with van der Waals surface area (Å²) in [6.45, 7) is 0.567. The molecular weight excluding hydrogens is 378 g/mol. The third-order valence-electron chi connectivity index (χ3n) is 5.42. The maximum absolute atomic E-state index is 14.9. The van der Waals surface area contributed by atoms with Gasteiger partial charge >= 0.3 is 5.97 Å². The fourth-order valence-electron chi connectivity index (χ4n) is 4.06. The highest BCUT2D eigenvalue weighted by molar-refractivity contribution is 5.81. The highest BCUT2D eigenvalue weighted by Crippen LogP contribution is 2.36. The molecule has 0 bridgehead atoms. The summed E-state index contributed by atoms with van der Waals surface area (Å²) in [6, 6.07) is 6.03. The van der Waals surface area contributed by atoms with Crippen molar-refractivity contribution < 1.29 is 23.4 Å². The summed E-state index contributed by atoms with van der Waals surface area (Å²) in [6.07, 6.45) is 7.40. The van der Waals surface area contributed by atoms with Crippen molar-refractivity contribution in [1.82, 2.24) is 4.98 Å². The van der Waals surface area contributed by atoms with Crippen molar-refractivity contribution in [2.75, 3.05) is 18.0 Å². The van der Waals surface area contributed by atoms with Gasteiger partial charge in [0.2, 0.25) is 5.88 Å². The minimum atomic E-state index is -1.05. The highest BCUT2D eigenvalue weighted by atomic mass is 19.1. The molecule has 1 aromatic heterocycles. The van der Waals surface area contributed by atoms with Crippen molar-refractivity contribution in [3.05, 3.63) is 53.7 Å². The molecule has 7 heteroatoms. The van der Waals surface area contributed by atoms with Crippen molar-refractivity contribution >= 4 is 11.7 Å². The van der Waals surface area contributed by atoms with Crippen LogP contribution in [0, 0.1) is 11.6 Å². The zero-order valence-corrected chi connectivity index (χ0v) is 15.9. The van der Waals surface area contributed by atoms with E-state index in [0.29, 0.717) is 35.5 Å². The predicted molar refractivity (Wildman–Crippen MR) is 105 cm³/mol. The van der Waals surface area contributed by atoms with E-state index in [1.807, 2.05) is 0 Å². The van der Waals surface area contributed by atoms with Gasteiger partial charge in [0.1, 0.15) is 23.4 Å². The topological polar surface area (TPSA) is 62.7 Å². The van der Waals surface area contributed by atoms with E-state index in [4.69, 9.17) is 9.84 Å². The van der Waals surface area contributed by atoms with Gasteiger partial charge in [-0.3, -0.25) is 0 Å². The number of hydrogen-bond donors (Lipinski definition) is 1. The zero-order chi connectivity index (χ0) is 20.4. The first-order valence-electron chi connectivity index (χ1n) is 9.79. The minimum Gasteiger partial charge on any atom is -0.478 e. The van der Waals surface area contributed by atoms with Crippen LogP contribution in [-0.4, -0.2) is 35.3 Å². The van der Waals surface area contributed by atoms with Gasteiger partial charge in [-0.1, -0.05) is 0 Å². The Bertz CT molecular complexity index is 932. The number of anilines is 1. The molecule has 1 N–H and O–H groups in total. The second-order valence-electron chi connectivity index (χ2n) is 7.48. The van der Waals surface area contributed by atoms with E-state index in [-0.39, 0.29) is 18.3 Å². The normalized spacial score (nSPS) is 18.6. The molecule has 5 nitrogen and oxygen atoms in total. The summed E-state index contributed by atoms with van der Waals surface area (Å²) in [4.78, 5) is 16.6. The first-order valence-corrected chi connectivity index (χ1v) is 9.79. The van der Waals surface area contributed by atoms with Crippen LogP contribution in [0.3, 0.4) is 0 Å². The first kappa shape index (κ1) is 19.4. The Kier molecular flexibility index (Phi) is 5.47. The fourth-order valence-corrected chi connectivity index (χ4v) is 4.06. The monoisotopic (exact) mass is 400 g/mol. The highest BCUT2D eigenvalue weighted by Gasteiger charge is 2.25. The van der Waals surface area contributed by atoms with Crippen LogP contribution in [0.1, 0.15) is 32.1 Å². The third-order valence-corrected chi connectivity index (χ3v) is 5.42. The summed E-state index contributed by atoms with van der Waals surface area (Å²) in [5, 5.41) is 8.87. The smallest absolute Gasteiger partial charge is 0.328 e. The number of carboxylic acid groups (broad SMARTS) is 1. The van der Waals surface area contributed by atoms with Gasteiger partial charge in [0.25, 0.3) is 0 Å². The number of aliphatic carboxylic acids is 1. The Labute approximate surface area is 167 Å². The number of rotatable bonds is 5.